The van der Waals surface area contributed by atoms with E-state index in [-0.39, 0.29) is 23.7 Å². The van der Waals surface area contributed by atoms with Gasteiger partial charge < -0.3 is 5.32 Å². The number of carbonyl (C=O) groups is 2. The van der Waals surface area contributed by atoms with E-state index >= 15 is 0 Å². The highest BCUT2D eigenvalue weighted by molar-refractivity contribution is 6.09. The summed E-state index contributed by atoms with van der Waals surface area (Å²) in [6.45, 7) is 4.89. The van der Waals surface area contributed by atoms with Crippen LogP contribution in [0.25, 0.3) is 0 Å². The van der Waals surface area contributed by atoms with Crippen LogP contribution < -0.4 is 5.32 Å². The molecule has 94 valence electrons. The fourth-order valence-electron chi connectivity index (χ4n) is 3.06. The molecule has 1 fully saturated rings. The van der Waals surface area contributed by atoms with Gasteiger partial charge in [-0.05, 0) is 25.0 Å². The summed E-state index contributed by atoms with van der Waals surface area (Å²) >= 11 is 0. The summed E-state index contributed by atoms with van der Waals surface area (Å²) in [5.41, 5.74) is 3.12. The van der Waals surface area contributed by atoms with Crippen molar-refractivity contribution in [3.63, 3.8) is 0 Å². The third-order valence-corrected chi connectivity index (χ3v) is 3.97. The van der Waals surface area contributed by atoms with E-state index < -0.39 is 0 Å². The Morgan fingerprint density at radius 3 is 2.83 bits per heavy atom. The molecule has 2 aliphatic heterocycles. The molecule has 1 N–H and O–H groups in total. The van der Waals surface area contributed by atoms with E-state index in [1.165, 1.54) is 4.90 Å². The molecule has 0 spiro atoms. The van der Waals surface area contributed by atoms with E-state index in [0.29, 0.717) is 13.1 Å². The van der Waals surface area contributed by atoms with Crippen LogP contribution in [0.1, 0.15) is 24.0 Å². The second-order valence-electron chi connectivity index (χ2n) is 4.92. The quantitative estimate of drug-likeness (QED) is 0.762. The van der Waals surface area contributed by atoms with Gasteiger partial charge >= 0.3 is 0 Å². The van der Waals surface area contributed by atoms with Crippen LogP contribution in [-0.2, 0) is 9.59 Å². The van der Waals surface area contributed by atoms with Gasteiger partial charge in [-0.1, -0.05) is 18.2 Å². The number of aryl methyl sites for hydroxylation is 1. The number of likely N-dealkylation sites (tertiary alicyclic amines) is 1. The summed E-state index contributed by atoms with van der Waals surface area (Å²) in [5.74, 6) is -0.589. The normalized spacial score (nSPS) is 25.8. The molecule has 2 heterocycles. The number of hydrogen-bond donors (Lipinski definition) is 1. The number of fused-ring (bicyclic) bond motifs is 3. The van der Waals surface area contributed by atoms with Crippen molar-refractivity contribution >= 4 is 17.5 Å². The summed E-state index contributed by atoms with van der Waals surface area (Å²) in [4.78, 5) is 25.9. The first-order valence-electron chi connectivity index (χ1n) is 6.33. The fraction of sp³-hybridized carbons (Fsp3) is 0.429. The number of benzene rings is 1. The Labute approximate surface area is 106 Å². The second-order valence-corrected chi connectivity index (χ2v) is 4.92. The highest BCUT2D eigenvalue weighted by Crippen LogP contribution is 2.42. The Bertz CT molecular complexity index is 539. The van der Waals surface area contributed by atoms with Crippen molar-refractivity contribution in [2.24, 2.45) is 5.92 Å². The monoisotopic (exact) mass is 244 g/mol. The number of anilines is 1. The average molecular weight is 244 g/mol. The first kappa shape index (κ1) is 11.3. The maximum Gasteiger partial charge on any atom is 0.237 e. The van der Waals surface area contributed by atoms with E-state index in [0.717, 1.165) is 16.8 Å². The Balaban J connectivity index is 2.12. The summed E-state index contributed by atoms with van der Waals surface area (Å²) in [6, 6.07) is 5.92. The highest BCUT2D eigenvalue weighted by atomic mass is 16.2. The molecule has 0 aromatic heterocycles. The molecule has 1 saturated heterocycles. The summed E-state index contributed by atoms with van der Waals surface area (Å²) in [6.07, 6.45) is 0. The van der Waals surface area contributed by atoms with Gasteiger partial charge in [0, 0.05) is 18.8 Å². The summed E-state index contributed by atoms with van der Waals surface area (Å²) < 4.78 is 0. The first-order chi connectivity index (χ1) is 8.65. The zero-order chi connectivity index (χ0) is 12.9. The lowest BCUT2D eigenvalue weighted by Crippen LogP contribution is -2.32. The lowest BCUT2D eigenvalue weighted by molar-refractivity contribution is -0.139. The molecule has 1 aromatic carbocycles. The molecule has 1 aromatic rings. The van der Waals surface area contributed by atoms with Gasteiger partial charge in [0.25, 0.3) is 0 Å². The molecule has 2 atom stereocenters. The molecule has 4 heteroatoms. The molecular weight excluding hydrogens is 228 g/mol. The van der Waals surface area contributed by atoms with Crippen molar-refractivity contribution in [1.82, 2.24) is 4.90 Å². The lowest BCUT2D eigenvalue weighted by atomic mass is 9.83. The predicted molar refractivity (Wildman–Crippen MR) is 68.3 cm³/mol. The number of rotatable bonds is 1. The smallest absolute Gasteiger partial charge is 0.237 e. The third-order valence-electron chi connectivity index (χ3n) is 3.97. The maximum atomic E-state index is 12.3. The van der Waals surface area contributed by atoms with Crippen molar-refractivity contribution in [2.45, 2.75) is 19.8 Å². The first-order valence-corrected chi connectivity index (χ1v) is 6.33. The minimum absolute atomic E-state index is 0.0350. The minimum Gasteiger partial charge on any atom is -0.384 e. The number of amides is 2. The number of likely N-dealkylation sites (N-methyl/N-ethyl adjacent to an activating group) is 1. The summed E-state index contributed by atoms with van der Waals surface area (Å²) in [5, 5.41) is 3.30. The van der Waals surface area contributed by atoms with Crippen LogP contribution in [0.15, 0.2) is 18.2 Å². The Morgan fingerprint density at radius 2 is 2.11 bits per heavy atom. The number of carbonyl (C=O) groups excluding carboxylic acids is 2. The van der Waals surface area contributed by atoms with Gasteiger partial charge in [-0.15, -0.1) is 0 Å². The Hall–Kier alpha value is -1.84. The lowest BCUT2D eigenvalue weighted by Gasteiger charge is -2.27. The van der Waals surface area contributed by atoms with Crippen LogP contribution in [0.4, 0.5) is 5.69 Å². The Morgan fingerprint density at radius 1 is 1.33 bits per heavy atom. The molecule has 3 rings (SSSR count). The van der Waals surface area contributed by atoms with Crippen molar-refractivity contribution < 1.29 is 9.59 Å². The van der Waals surface area contributed by atoms with Crippen molar-refractivity contribution in [2.75, 3.05) is 18.4 Å². The van der Waals surface area contributed by atoms with Crippen LogP contribution in [0.5, 0.6) is 0 Å². The SMILES string of the molecule is CCN1C(=O)[C@@H]2CNc3c(C)cccc3[C@@H]2C1=O. The van der Waals surface area contributed by atoms with Crippen LogP contribution in [0, 0.1) is 12.8 Å². The van der Waals surface area contributed by atoms with E-state index in [9.17, 15) is 9.59 Å². The number of nitrogens with zero attached hydrogens (tertiary/aromatic N) is 1. The molecule has 0 radical (unpaired) electrons. The van der Waals surface area contributed by atoms with Crippen molar-refractivity contribution in [3.05, 3.63) is 29.3 Å². The zero-order valence-corrected chi connectivity index (χ0v) is 10.6. The van der Waals surface area contributed by atoms with Crippen LogP contribution in [0.3, 0.4) is 0 Å². The second kappa shape index (κ2) is 3.83. The van der Waals surface area contributed by atoms with Crippen LogP contribution in [0.2, 0.25) is 0 Å². The number of imide groups is 1. The van der Waals surface area contributed by atoms with Gasteiger partial charge in [0.1, 0.15) is 0 Å². The fourth-order valence-corrected chi connectivity index (χ4v) is 3.06. The standard InChI is InChI=1S/C14H16N2O2/c1-3-16-13(17)10-7-15-12-8(2)5-4-6-9(12)11(10)14(16)18/h4-6,10-11,15H,3,7H2,1-2H3/t10-,11+/m1/s1. The molecule has 2 amide bonds. The van der Waals surface area contributed by atoms with Crippen LogP contribution in [-0.4, -0.2) is 29.8 Å². The molecule has 0 aliphatic carbocycles. The Kier molecular flexibility index (Phi) is 2.40. The van der Waals surface area contributed by atoms with Crippen molar-refractivity contribution in [1.29, 1.82) is 0 Å². The van der Waals surface area contributed by atoms with Gasteiger partial charge in [-0.25, -0.2) is 0 Å². The molecule has 2 aliphatic rings. The topological polar surface area (TPSA) is 49.4 Å². The van der Waals surface area contributed by atoms with Crippen molar-refractivity contribution in [3.8, 4) is 0 Å². The van der Waals surface area contributed by atoms with E-state index in [4.69, 9.17) is 0 Å². The predicted octanol–water partition coefficient (Wildman–Crippen LogP) is 1.51. The molecule has 0 unspecified atom stereocenters. The van der Waals surface area contributed by atoms with Gasteiger partial charge in [0.2, 0.25) is 11.8 Å². The summed E-state index contributed by atoms with van der Waals surface area (Å²) in [7, 11) is 0. The maximum absolute atomic E-state index is 12.3. The van der Waals surface area contributed by atoms with E-state index in [1.807, 2.05) is 32.0 Å². The van der Waals surface area contributed by atoms with Gasteiger partial charge in [0.05, 0.1) is 11.8 Å². The van der Waals surface area contributed by atoms with E-state index in [2.05, 4.69) is 5.32 Å². The zero-order valence-electron chi connectivity index (χ0n) is 10.6. The minimum atomic E-state index is -0.284. The molecule has 0 bridgehead atoms. The number of para-hydroxylation sites is 1. The molecular formula is C14H16N2O2. The third kappa shape index (κ3) is 1.32. The highest BCUT2D eigenvalue weighted by Gasteiger charge is 2.49. The molecule has 0 saturated carbocycles. The van der Waals surface area contributed by atoms with Gasteiger partial charge in [-0.3, -0.25) is 14.5 Å². The van der Waals surface area contributed by atoms with Gasteiger partial charge in [-0.2, -0.15) is 0 Å². The number of hydrogen-bond acceptors (Lipinski definition) is 3. The number of nitrogens with one attached hydrogen (secondary N) is 1. The largest absolute Gasteiger partial charge is 0.384 e. The average Bonchev–Trinajstić information content (AvgIpc) is 2.62. The van der Waals surface area contributed by atoms with Gasteiger partial charge in [0.15, 0.2) is 0 Å². The molecule has 4 nitrogen and oxygen atoms in total. The molecule has 18 heavy (non-hydrogen) atoms. The van der Waals surface area contributed by atoms with E-state index in [1.54, 1.807) is 0 Å². The van der Waals surface area contributed by atoms with Crippen LogP contribution >= 0.6 is 0 Å².